The predicted octanol–water partition coefficient (Wildman–Crippen LogP) is 10.4. The van der Waals surface area contributed by atoms with Gasteiger partial charge < -0.3 is 10.2 Å². The van der Waals surface area contributed by atoms with Gasteiger partial charge in [-0.1, -0.05) is 181 Å². The van der Waals surface area contributed by atoms with Crippen LogP contribution >= 0.6 is 0 Å². The van der Waals surface area contributed by atoms with Crippen LogP contribution < -0.4 is 0 Å². The summed E-state index contributed by atoms with van der Waals surface area (Å²) in [6.07, 6.45) is 27.9. The van der Waals surface area contributed by atoms with Crippen molar-refractivity contribution in [3.05, 3.63) is 0 Å². The van der Waals surface area contributed by atoms with E-state index in [4.69, 9.17) is 0 Å². The molecule has 0 bridgehead atoms. The molecule has 8 heteroatoms. The van der Waals surface area contributed by atoms with Crippen LogP contribution in [0.5, 0.6) is 0 Å². The van der Waals surface area contributed by atoms with Crippen molar-refractivity contribution in [2.45, 2.75) is 198 Å². The van der Waals surface area contributed by atoms with E-state index in [9.17, 15) is 32.8 Å². The lowest BCUT2D eigenvalue weighted by atomic mass is 9.82. The monoisotopic (exact) mass is 618 g/mol. The Kier molecular flexibility index (Phi) is 25.5. The summed E-state index contributed by atoms with van der Waals surface area (Å²) >= 11 is 0. The molecule has 0 aromatic carbocycles. The fraction of sp³-hybridized carbons (Fsp3) is 0.941. The lowest BCUT2D eigenvalue weighted by molar-refractivity contribution is -0.152. The molecule has 0 aromatic rings. The van der Waals surface area contributed by atoms with Gasteiger partial charge in [0, 0.05) is 0 Å². The number of carboxylic acids is 2. The van der Waals surface area contributed by atoms with Crippen molar-refractivity contribution in [1.29, 1.82) is 0 Å². The topological polar surface area (TPSA) is 129 Å². The minimum absolute atomic E-state index is 0.0717. The summed E-state index contributed by atoms with van der Waals surface area (Å²) in [5.74, 6) is -4.90. The number of unbranched alkanes of at least 4 members (excludes halogenated alkanes) is 24. The Morgan fingerprint density at radius 3 is 1.07 bits per heavy atom. The van der Waals surface area contributed by atoms with Crippen LogP contribution in [-0.4, -0.2) is 39.9 Å². The fourth-order valence-corrected chi connectivity index (χ4v) is 7.38. The van der Waals surface area contributed by atoms with Crippen molar-refractivity contribution in [2.75, 3.05) is 0 Å². The maximum Gasteiger partial charge on any atom is 0.328 e. The van der Waals surface area contributed by atoms with Crippen molar-refractivity contribution in [3.8, 4) is 0 Å². The molecule has 7 nitrogen and oxygen atoms in total. The summed E-state index contributed by atoms with van der Waals surface area (Å²) in [4.78, 5) is 24.4. The minimum atomic E-state index is -5.13. The molecule has 0 amide bonds. The van der Waals surface area contributed by atoms with Crippen molar-refractivity contribution >= 4 is 22.1 Å². The molecular weight excluding hydrogens is 552 g/mol. The first-order valence-corrected chi connectivity index (χ1v) is 19.0. The molecule has 0 aromatic heterocycles. The lowest BCUT2D eigenvalue weighted by Gasteiger charge is -2.32. The van der Waals surface area contributed by atoms with Gasteiger partial charge in [0.15, 0.2) is 0 Å². The molecule has 0 aliphatic rings. The van der Waals surface area contributed by atoms with Crippen molar-refractivity contribution < 1.29 is 32.8 Å². The van der Waals surface area contributed by atoms with Gasteiger partial charge in [-0.05, 0) is 12.8 Å². The zero-order chi connectivity index (χ0) is 31.5. The molecule has 0 rings (SSSR count). The van der Waals surface area contributed by atoms with Gasteiger partial charge in [0.2, 0.25) is 4.75 Å². The average molecular weight is 619 g/mol. The summed E-state index contributed by atoms with van der Waals surface area (Å²) < 4.78 is 32.2. The molecule has 2 unspecified atom stereocenters. The Labute approximate surface area is 258 Å². The Bertz CT molecular complexity index is 768. The third-order valence-corrected chi connectivity index (χ3v) is 10.5. The highest BCUT2D eigenvalue weighted by atomic mass is 32.2. The number of rotatable bonds is 32. The Balaban J connectivity index is 4.48. The standard InChI is InChI=1S/C34H66O7S/c1-3-5-7-9-11-13-15-17-18-19-21-23-25-27-29-31(32(35)36)34(33(37)38,42(39,40)41)30-28-26-24-22-20-16-14-12-10-8-6-4-2/h31H,3-30H2,1-2H3,(H,35,36)(H,37,38)(H,39,40,41). The average Bonchev–Trinajstić information content (AvgIpc) is 2.93. The molecule has 0 aliphatic carbocycles. The Morgan fingerprint density at radius 2 is 0.810 bits per heavy atom. The highest BCUT2D eigenvalue weighted by Crippen LogP contribution is 2.37. The zero-order valence-corrected chi connectivity index (χ0v) is 28.1. The third-order valence-electron chi connectivity index (χ3n) is 8.93. The lowest BCUT2D eigenvalue weighted by Crippen LogP contribution is -2.55. The van der Waals surface area contributed by atoms with Crippen LogP contribution in [0.2, 0.25) is 0 Å². The van der Waals surface area contributed by atoms with E-state index in [0.717, 1.165) is 51.4 Å². The summed E-state index contributed by atoms with van der Waals surface area (Å²) in [7, 11) is -5.13. The molecule has 42 heavy (non-hydrogen) atoms. The van der Waals surface area contributed by atoms with Crippen molar-refractivity contribution in [2.24, 2.45) is 5.92 Å². The number of carbonyl (C=O) groups is 2. The molecule has 2 atom stereocenters. The second-order valence-corrected chi connectivity index (χ2v) is 14.3. The molecule has 0 radical (unpaired) electrons. The summed E-state index contributed by atoms with van der Waals surface area (Å²) in [6, 6.07) is 0. The highest BCUT2D eigenvalue weighted by Gasteiger charge is 2.58. The minimum Gasteiger partial charge on any atom is -0.481 e. The second-order valence-electron chi connectivity index (χ2n) is 12.6. The molecule has 0 saturated heterocycles. The van der Waals surface area contributed by atoms with Gasteiger partial charge in [0.05, 0.1) is 5.92 Å². The van der Waals surface area contributed by atoms with Crippen LogP contribution in [0.4, 0.5) is 0 Å². The van der Waals surface area contributed by atoms with Gasteiger partial charge in [-0.25, -0.2) is 0 Å². The smallest absolute Gasteiger partial charge is 0.328 e. The maximum atomic E-state index is 12.4. The first-order valence-electron chi connectivity index (χ1n) is 17.6. The van der Waals surface area contributed by atoms with Gasteiger partial charge in [-0.15, -0.1) is 0 Å². The summed E-state index contributed by atoms with van der Waals surface area (Å²) in [5, 5.41) is 19.8. The van der Waals surface area contributed by atoms with Gasteiger partial charge in [-0.3, -0.25) is 14.1 Å². The Hall–Kier alpha value is -1.15. The molecule has 0 aliphatic heterocycles. The van der Waals surface area contributed by atoms with Crippen LogP contribution in [-0.2, 0) is 19.7 Å². The molecule has 0 heterocycles. The van der Waals surface area contributed by atoms with E-state index >= 15 is 0 Å². The van der Waals surface area contributed by atoms with E-state index in [1.54, 1.807) is 0 Å². The van der Waals surface area contributed by atoms with Crippen LogP contribution in [0.15, 0.2) is 0 Å². The van der Waals surface area contributed by atoms with E-state index in [1.807, 2.05) is 0 Å². The highest BCUT2D eigenvalue weighted by molar-refractivity contribution is 7.88. The molecular formula is C34H66O7S. The third kappa shape index (κ3) is 18.5. The van der Waals surface area contributed by atoms with Crippen molar-refractivity contribution in [1.82, 2.24) is 0 Å². The van der Waals surface area contributed by atoms with E-state index in [2.05, 4.69) is 13.8 Å². The van der Waals surface area contributed by atoms with Gasteiger partial charge in [-0.2, -0.15) is 8.42 Å². The van der Waals surface area contributed by atoms with Gasteiger partial charge in [0.25, 0.3) is 10.1 Å². The van der Waals surface area contributed by atoms with E-state index < -0.39 is 32.7 Å². The predicted molar refractivity (Wildman–Crippen MR) is 174 cm³/mol. The van der Waals surface area contributed by atoms with Crippen LogP contribution in [0.3, 0.4) is 0 Å². The van der Waals surface area contributed by atoms with E-state index in [-0.39, 0.29) is 19.3 Å². The molecule has 0 fully saturated rings. The number of hydrogen-bond acceptors (Lipinski definition) is 4. The second kappa shape index (κ2) is 26.3. The number of hydrogen-bond donors (Lipinski definition) is 3. The number of aliphatic carboxylic acids is 2. The molecule has 0 saturated carbocycles. The quantitative estimate of drug-likeness (QED) is 0.0505. The van der Waals surface area contributed by atoms with Gasteiger partial charge in [0.1, 0.15) is 0 Å². The number of carboxylic acid groups (broad SMARTS) is 2. The van der Waals surface area contributed by atoms with E-state index in [0.29, 0.717) is 12.8 Å². The summed E-state index contributed by atoms with van der Waals surface area (Å²) in [5.41, 5.74) is 0. The maximum absolute atomic E-state index is 12.4. The largest absolute Gasteiger partial charge is 0.481 e. The van der Waals surface area contributed by atoms with Crippen LogP contribution in [0.1, 0.15) is 194 Å². The Morgan fingerprint density at radius 1 is 0.524 bits per heavy atom. The molecule has 250 valence electrons. The fourth-order valence-electron chi connectivity index (χ4n) is 6.18. The molecule has 0 spiro atoms. The van der Waals surface area contributed by atoms with Gasteiger partial charge >= 0.3 is 11.9 Å². The normalized spacial score (nSPS) is 14.1. The summed E-state index contributed by atoms with van der Waals surface area (Å²) in [6.45, 7) is 4.44. The van der Waals surface area contributed by atoms with Crippen LogP contribution in [0.25, 0.3) is 0 Å². The van der Waals surface area contributed by atoms with Crippen molar-refractivity contribution in [3.63, 3.8) is 0 Å². The molecule has 3 N–H and O–H groups in total. The van der Waals surface area contributed by atoms with Crippen LogP contribution in [0, 0.1) is 5.92 Å². The first kappa shape index (κ1) is 40.9. The zero-order valence-electron chi connectivity index (χ0n) is 27.3. The SMILES string of the molecule is CCCCCCCCCCCCCCCCC(C(=O)O)C(CCCCCCCCCCCCCC)(C(=O)O)S(=O)(=O)O. The first-order chi connectivity index (χ1) is 20.1. The van der Waals surface area contributed by atoms with E-state index in [1.165, 1.54) is 96.3 Å².